The van der Waals surface area contributed by atoms with Crippen molar-refractivity contribution >= 4 is 5.82 Å². The summed E-state index contributed by atoms with van der Waals surface area (Å²) in [6, 6.07) is 4.82. The fourth-order valence-corrected chi connectivity index (χ4v) is 1.68. The molecule has 0 aliphatic rings. The third kappa shape index (κ3) is 3.04. The lowest BCUT2D eigenvalue weighted by molar-refractivity contribution is -0.137. The molecule has 1 aromatic heterocycles. The lowest BCUT2D eigenvalue weighted by Crippen LogP contribution is -2.05. The van der Waals surface area contributed by atoms with Crippen molar-refractivity contribution in [2.75, 3.05) is 5.73 Å². The maximum atomic E-state index is 12.6. The van der Waals surface area contributed by atoms with Crippen LogP contribution in [0.4, 0.5) is 19.0 Å². The second-order valence-corrected chi connectivity index (χ2v) is 4.58. The van der Waals surface area contributed by atoms with Gasteiger partial charge in [0, 0.05) is 6.04 Å². The molecule has 0 amide bonds. The first-order chi connectivity index (χ1) is 9.27. The van der Waals surface area contributed by atoms with Gasteiger partial charge in [0.1, 0.15) is 11.6 Å². The molecule has 0 bridgehead atoms. The Hall–Kier alpha value is -2.18. The molecule has 0 fully saturated rings. The average molecular weight is 285 g/mol. The summed E-state index contributed by atoms with van der Waals surface area (Å²) in [6.07, 6.45) is -2.83. The number of imidazole rings is 1. The van der Waals surface area contributed by atoms with Gasteiger partial charge in [-0.05, 0) is 32.0 Å². The molecule has 0 aliphatic carbocycles. The number of nitrogens with two attached hydrogens (primary N) is 1. The monoisotopic (exact) mass is 285 g/mol. The van der Waals surface area contributed by atoms with Gasteiger partial charge in [-0.15, -0.1) is 0 Å². The minimum atomic E-state index is -4.41. The first-order valence-electron chi connectivity index (χ1n) is 5.97. The Morgan fingerprint density at radius 2 is 2.00 bits per heavy atom. The molecule has 2 rings (SSSR count). The molecule has 20 heavy (non-hydrogen) atoms. The van der Waals surface area contributed by atoms with Gasteiger partial charge < -0.3 is 10.5 Å². The molecule has 0 saturated carbocycles. The third-order valence-corrected chi connectivity index (χ3v) is 2.64. The van der Waals surface area contributed by atoms with E-state index in [1.165, 1.54) is 12.1 Å². The number of ether oxygens (including phenoxy) is 1. The summed E-state index contributed by atoms with van der Waals surface area (Å²) < 4.78 is 44.9. The molecule has 1 aromatic carbocycles. The fourth-order valence-electron chi connectivity index (χ4n) is 1.68. The predicted octanol–water partition coefficient (Wildman–Crippen LogP) is 3.86. The lowest BCUT2D eigenvalue weighted by atomic mass is 10.2. The number of nitrogens with zero attached hydrogens (tertiary/aromatic N) is 2. The van der Waals surface area contributed by atoms with Gasteiger partial charge in [0.2, 0.25) is 0 Å². The summed E-state index contributed by atoms with van der Waals surface area (Å²) in [6.45, 7) is 3.78. The average Bonchev–Trinajstić information content (AvgIpc) is 2.69. The number of benzene rings is 1. The van der Waals surface area contributed by atoms with Gasteiger partial charge in [-0.2, -0.15) is 18.2 Å². The van der Waals surface area contributed by atoms with E-state index in [1.54, 1.807) is 10.8 Å². The summed E-state index contributed by atoms with van der Waals surface area (Å²) in [5.74, 6) is 0.313. The zero-order chi connectivity index (χ0) is 14.9. The van der Waals surface area contributed by atoms with Crippen molar-refractivity contribution in [1.82, 2.24) is 9.55 Å². The minimum absolute atomic E-state index is 0.0283. The minimum Gasteiger partial charge on any atom is -0.425 e. The van der Waals surface area contributed by atoms with Crippen LogP contribution in [-0.2, 0) is 6.18 Å². The molecule has 0 aliphatic heterocycles. The van der Waals surface area contributed by atoms with Crippen LogP contribution in [0.2, 0.25) is 0 Å². The molecule has 7 heteroatoms. The van der Waals surface area contributed by atoms with Crippen molar-refractivity contribution in [3.05, 3.63) is 36.0 Å². The van der Waals surface area contributed by atoms with Crippen LogP contribution < -0.4 is 10.5 Å². The van der Waals surface area contributed by atoms with Crippen LogP contribution in [0, 0.1) is 0 Å². The molecule has 0 saturated heterocycles. The molecule has 108 valence electrons. The van der Waals surface area contributed by atoms with Crippen molar-refractivity contribution in [1.29, 1.82) is 0 Å². The Morgan fingerprint density at radius 1 is 1.30 bits per heavy atom. The molecule has 0 radical (unpaired) electrons. The standard InChI is InChI=1S/C13H14F3N3O/c1-8(2)19-7-11(17)18-12(19)20-10-5-3-4-9(6-10)13(14,15)16/h3-8H,17H2,1-2H3. The fraction of sp³-hybridized carbons (Fsp3) is 0.308. The van der Waals surface area contributed by atoms with Gasteiger partial charge in [0.05, 0.1) is 11.8 Å². The first kappa shape index (κ1) is 14.2. The second-order valence-electron chi connectivity index (χ2n) is 4.58. The number of nitrogen functional groups attached to an aromatic ring is 1. The molecule has 0 atom stereocenters. The summed E-state index contributed by atoms with van der Waals surface area (Å²) in [7, 11) is 0. The van der Waals surface area contributed by atoms with Crippen LogP contribution in [0.5, 0.6) is 11.8 Å². The van der Waals surface area contributed by atoms with E-state index in [1.807, 2.05) is 13.8 Å². The Balaban J connectivity index is 2.31. The van der Waals surface area contributed by atoms with Gasteiger partial charge >= 0.3 is 12.2 Å². The highest BCUT2D eigenvalue weighted by Gasteiger charge is 2.30. The summed E-state index contributed by atoms with van der Waals surface area (Å²) in [5, 5.41) is 0. The highest BCUT2D eigenvalue weighted by atomic mass is 19.4. The summed E-state index contributed by atoms with van der Waals surface area (Å²) >= 11 is 0. The maximum absolute atomic E-state index is 12.6. The molecular formula is C13H14F3N3O. The number of anilines is 1. The highest BCUT2D eigenvalue weighted by Crippen LogP contribution is 2.33. The predicted molar refractivity (Wildman–Crippen MR) is 68.5 cm³/mol. The highest BCUT2D eigenvalue weighted by molar-refractivity contribution is 5.35. The molecule has 2 N–H and O–H groups in total. The number of halogens is 3. The normalized spacial score (nSPS) is 11.9. The maximum Gasteiger partial charge on any atom is 0.416 e. The van der Waals surface area contributed by atoms with Crippen molar-refractivity contribution in [3.8, 4) is 11.8 Å². The van der Waals surface area contributed by atoms with E-state index in [2.05, 4.69) is 4.98 Å². The van der Waals surface area contributed by atoms with E-state index >= 15 is 0 Å². The number of alkyl halides is 3. The van der Waals surface area contributed by atoms with Gasteiger partial charge in [-0.25, -0.2) is 0 Å². The molecule has 1 heterocycles. The number of hydrogen-bond acceptors (Lipinski definition) is 3. The van der Waals surface area contributed by atoms with E-state index in [4.69, 9.17) is 10.5 Å². The van der Waals surface area contributed by atoms with Crippen LogP contribution in [0.1, 0.15) is 25.5 Å². The lowest BCUT2D eigenvalue weighted by Gasteiger charge is -2.12. The molecule has 2 aromatic rings. The molecule has 4 nitrogen and oxygen atoms in total. The largest absolute Gasteiger partial charge is 0.425 e. The SMILES string of the molecule is CC(C)n1cc(N)nc1Oc1cccc(C(F)(F)F)c1. The van der Waals surface area contributed by atoms with E-state index < -0.39 is 11.7 Å². The summed E-state index contributed by atoms with van der Waals surface area (Å²) in [4.78, 5) is 3.96. The van der Waals surface area contributed by atoms with Crippen LogP contribution in [0.15, 0.2) is 30.5 Å². The number of hydrogen-bond donors (Lipinski definition) is 1. The van der Waals surface area contributed by atoms with Gasteiger partial charge in [0.15, 0.2) is 0 Å². The van der Waals surface area contributed by atoms with E-state index in [0.29, 0.717) is 0 Å². The first-order valence-corrected chi connectivity index (χ1v) is 5.97. The van der Waals surface area contributed by atoms with Crippen LogP contribution in [0.25, 0.3) is 0 Å². The molecule has 0 spiro atoms. The third-order valence-electron chi connectivity index (χ3n) is 2.64. The van der Waals surface area contributed by atoms with Gasteiger partial charge in [0.25, 0.3) is 0 Å². The smallest absolute Gasteiger partial charge is 0.416 e. The number of aromatic nitrogens is 2. The molecule has 0 unspecified atom stereocenters. The topological polar surface area (TPSA) is 53.1 Å². The van der Waals surface area contributed by atoms with Crippen molar-refractivity contribution in [2.24, 2.45) is 0 Å². The van der Waals surface area contributed by atoms with Gasteiger partial charge in [-0.1, -0.05) is 6.07 Å². The Kier molecular flexibility index (Phi) is 3.61. The molecular weight excluding hydrogens is 271 g/mol. The van der Waals surface area contributed by atoms with Crippen molar-refractivity contribution in [2.45, 2.75) is 26.1 Å². The summed E-state index contributed by atoms with van der Waals surface area (Å²) in [5.41, 5.74) is 4.81. The van der Waals surface area contributed by atoms with Crippen molar-refractivity contribution in [3.63, 3.8) is 0 Å². The van der Waals surface area contributed by atoms with Crippen LogP contribution >= 0.6 is 0 Å². The van der Waals surface area contributed by atoms with Crippen LogP contribution in [-0.4, -0.2) is 9.55 Å². The van der Waals surface area contributed by atoms with E-state index in [9.17, 15) is 13.2 Å². The Bertz CT molecular complexity index is 605. The van der Waals surface area contributed by atoms with E-state index in [-0.39, 0.29) is 23.6 Å². The second kappa shape index (κ2) is 5.07. The quantitative estimate of drug-likeness (QED) is 0.931. The van der Waals surface area contributed by atoms with Crippen molar-refractivity contribution < 1.29 is 17.9 Å². The zero-order valence-corrected chi connectivity index (χ0v) is 11.0. The zero-order valence-electron chi connectivity index (χ0n) is 11.0. The Labute approximate surface area is 114 Å². The van der Waals surface area contributed by atoms with Gasteiger partial charge in [-0.3, -0.25) is 4.57 Å². The number of rotatable bonds is 3. The van der Waals surface area contributed by atoms with E-state index in [0.717, 1.165) is 12.1 Å². The Morgan fingerprint density at radius 3 is 2.60 bits per heavy atom. The van der Waals surface area contributed by atoms with Crippen LogP contribution in [0.3, 0.4) is 0 Å².